The number of ether oxygens (including phenoxy) is 1. The lowest BCUT2D eigenvalue weighted by atomic mass is 10.2. The van der Waals surface area contributed by atoms with Gasteiger partial charge in [0.2, 0.25) is 0 Å². The smallest absolute Gasteiger partial charge is 0.269 e. The van der Waals surface area contributed by atoms with Gasteiger partial charge < -0.3 is 4.74 Å². The number of halogens is 1. The molecule has 0 saturated carbocycles. The van der Waals surface area contributed by atoms with Gasteiger partial charge in [-0.2, -0.15) is 5.10 Å². The second-order valence-electron chi connectivity index (χ2n) is 4.66. The Balaban J connectivity index is 1.66. The summed E-state index contributed by atoms with van der Waals surface area (Å²) in [6.07, 6.45) is 0. The van der Waals surface area contributed by atoms with Crippen LogP contribution in [0.15, 0.2) is 48.5 Å². The molecule has 2 aromatic carbocycles. The summed E-state index contributed by atoms with van der Waals surface area (Å²) in [5, 5.41) is 18.1. The molecule has 0 spiro atoms. The molecule has 3 rings (SSSR count). The van der Waals surface area contributed by atoms with E-state index in [-0.39, 0.29) is 12.3 Å². The van der Waals surface area contributed by atoms with Crippen LogP contribution >= 0.6 is 11.6 Å². The summed E-state index contributed by atoms with van der Waals surface area (Å²) < 4.78 is 5.52. The van der Waals surface area contributed by atoms with Crippen LogP contribution in [0.4, 0.5) is 5.69 Å². The van der Waals surface area contributed by atoms with E-state index in [0.717, 1.165) is 5.56 Å². The van der Waals surface area contributed by atoms with Gasteiger partial charge >= 0.3 is 0 Å². The minimum Gasteiger partial charge on any atom is -0.486 e. The number of benzene rings is 2. The fraction of sp³-hybridized carbons (Fsp3) is 0.0667. The average Bonchev–Trinajstić information content (AvgIpc) is 3.02. The van der Waals surface area contributed by atoms with E-state index >= 15 is 0 Å². The van der Waals surface area contributed by atoms with Crippen LogP contribution < -0.4 is 4.74 Å². The number of aromatic amines is 1. The van der Waals surface area contributed by atoms with Gasteiger partial charge in [-0.05, 0) is 24.3 Å². The Kier molecular flexibility index (Phi) is 4.20. The summed E-state index contributed by atoms with van der Waals surface area (Å²) in [4.78, 5) is 14.4. The topological polar surface area (TPSA) is 93.9 Å². The Labute approximate surface area is 136 Å². The molecule has 3 aromatic rings. The molecule has 0 aliphatic heterocycles. The molecule has 0 amide bonds. The molecule has 0 fully saturated rings. The zero-order valence-electron chi connectivity index (χ0n) is 11.8. The van der Waals surface area contributed by atoms with Crippen LogP contribution in [-0.4, -0.2) is 20.1 Å². The number of aromatic nitrogens is 3. The predicted octanol–water partition coefficient (Wildman–Crippen LogP) is 3.61. The molecule has 0 atom stereocenters. The maximum Gasteiger partial charge on any atom is 0.269 e. The summed E-state index contributed by atoms with van der Waals surface area (Å²) in [5.74, 6) is 1.57. The van der Waals surface area contributed by atoms with Crippen molar-refractivity contribution in [2.75, 3.05) is 0 Å². The predicted molar refractivity (Wildman–Crippen MR) is 84.3 cm³/mol. The van der Waals surface area contributed by atoms with Crippen LogP contribution in [0.25, 0.3) is 11.4 Å². The molecule has 0 bridgehead atoms. The van der Waals surface area contributed by atoms with Crippen LogP contribution in [0.1, 0.15) is 5.82 Å². The standard InChI is InChI=1S/C15H11ClN4O3/c16-11-3-1-2-10(8-11)15-17-14(18-19-15)9-23-13-6-4-12(5-7-13)20(21)22/h1-8H,9H2,(H,17,18,19). The van der Waals surface area contributed by atoms with Crippen molar-refractivity contribution in [2.24, 2.45) is 0 Å². The molecule has 1 aromatic heterocycles. The molecule has 116 valence electrons. The average molecular weight is 331 g/mol. The Bertz CT molecular complexity index is 833. The van der Waals surface area contributed by atoms with Gasteiger partial charge in [-0.25, -0.2) is 4.98 Å². The summed E-state index contributed by atoms with van der Waals surface area (Å²) in [7, 11) is 0. The van der Waals surface area contributed by atoms with E-state index in [9.17, 15) is 10.1 Å². The zero-order valence-corrected chi connectivity index (χ0v) is 12.5. The normalized spacial score (nSPS) is 10.5. The number of H-pyrrole nitrogens is 1. The van der Waals surface area contributed by atoms with Gasteiger partial charge in [0.05, 0.1) is 4.92 Å². The Morgan fingerprint density at radius 2 is 2.00 bits per heavy atom. The monoisotopic (exact) mass is 330 g/mol. The number of nitrogens with zero attached hydrogens (tertiary/aromatic N) is 3. The first kappa shape index (κ1) is 15.0. The van der Waals surface area contributed by atoms with E-state index in [1.165, 1.54) is 24.3 Å². The minimum absolute atomic E-state index is 0.0141. The molecule has 7 nitrogen and oxygen atoms in total. The van der Waals surface area contributed by atoms with Crippen molar-refractivity contribution in [3.63, 3.8) is 0 Å². The molecule has 0 unspecified atom stereocenters. The molecular weight excluding hydrogens is 320 g/mol. The number of nitro benzene ring substituents is 1. The summed E-state index contributed by atoms with van der Waals surface area (Å²) in [6.45, 7) is 0.172. The molecule has 1 heterocycles. The van der Waals surface area contributed by atoms with Gasteiger partial charge in [0.25, 0.3) is 5.69 Å². The minimum atomic E-state index is -0.461. The second-order valence-corrected chi connectivity index (χ2v) is 5.09. The summed E-state index contributed by atoms with van der Waals surface area (Å²) in [6, 6.07) is 13.1. The molecule has 0 aliphatic carbocycles. The number of nitro groups is 1. The third-order valence-corrected chi connectivity index (χ3v) is 3.27. The van der Waals surface area contributed by atoms with Crippen LogP contribution in [0.3, 0.4) is 0 Å². The lowest BCUT2D eigenvalue weighted by molar-refractivity contribution is -0.384. The summed E-state index contributed by atoms with van der Waals surface area (Å²) in [5.41, 5.74) is 0.815. The van der Waals surface area contributed by atoms with E-state index in [1.807, 2.05) is 12.1 Å². The van der Waals surface area contributed by atoms with Crippen molar-refractivity contribution >= 4 is 17.3 Å². The first-order valence-electron chi connectivity index (χ1n) is 6.66. The number of hydrogen-bond acceptors (Lipinski definition) is 5. The van der Waals surface area contributed by atoms with Crippen LogP contribution in [-0.2, 0) is 6.61 Å². The lowest BCUT2D eigenvalue weighted by Gasteiger charge is -2.02. The maximum atomic E-state index is 10.6. The molecule has 8 heteroatoms. The molecule has 0 saturated heterocycles. The number of hydrogen-bond donors (Lipinski definition) is 1. The first-order chi connectivity index (χ1) is 11.1. The molecular formula is C15H11ClN4O3. The Hall–Kier alpha value is -2.93. The second kappa shape index (κ2) is 6.45. The number of nitrogens with one attached hydrogen (secondary N) is 1. The van der Waals surface area contributed by atoms with Gasteiger partial charge in [0.1, 0.15) is 12.4 Å². The van der Waals surface area contributed by atoms with E-state index in [1.54, 1.807) is 12.1 Å². The van der Waals surface area contributed by atoms with Crippen molar-refractivity contribution in [3.05, 3.63) is 69.5 Å². The fourth-order valence-corrected chi connectivity index (χ4v) is 2.12. The van der Waals surface area contributed by atoms with E-state index in [0.29, 0.717) is 22.4 Å². The number of rotatable bonds is 5. The third-order valence-electron chi connectivity index (χ3n) is 3.04. The zero-order chi connectivity index (χ0) is 16.2. The highest BCUT2D eigenvalue weighted by molar-refractivity contribution is 6.30. The van der Waals surface area contributed by atoms with Crippen molar-refractivity contribution in [1.82, 2.24) is 15.2 Å². The van der Waals surface area contributed by atoms with Crippen molar-refractivity contribution < 1.29 is 9.66 Å². The van der Waals surface area contributed by atoms with Crippen LogP contribution in [0, 0.1) is 10.1 Å². The highest BCUT2D eigenvalue weighted by Gasteiger charge is 2.08. The fourth-order valence-electron chi connectivity index (χ4n) is 1.93. The third kappa shape index (κ3) is 3.64. The molecule has 1 N–H and O–H groups in total. The first-order valence-corrected chi connectivity index (χ1v) is 7.04. The molecule has 0 aliphatic rings. The van der Waals surface area contributed by atoms with E-state index in [2.05, 4.69) is 15.2 Å². The van der Waals surface area contributed by atoms with Gasteiger partial charge in [-0.3, -0.25) is 15.2 Å². The Morgan fingerprint density at radius 3 is 2.70 bits per heavy atom. The molecule has 23 heavy (non-hydrogen) atoms. The number of non-ortho nitro benzene ring substituents is 1. The van der Waals surface area contributed by atoms with Crippen molar-refractivity contribution in [2.45, 2.75) is 6.61 Å². The maximum absolute atomic E-state index is 10.6. The van der Waals surface area contributed by atoms with Gasteiger partial charge in [-0.15, -0.1) is 0 Å². The quantitative estimate of drug-likeness (QED) is 0.569. The van der Waals surface area contributed by atoms with E-state index < -0.39 is 4.92 Å². The van der Waals surface area contributed by atoms with Crippen LogP contribution in [0.5, 0.6) is 5.75 Å². The Morgan fingerprint density at radius 1 is 1.22 bits per heavy atom. The lowest BCUT2D eigenvalue weighted by Crippen LogP contribution is -1.98. The van der Waals surface area contributed by atoms with E-state index in [4.69, 9.17) is 16.3 Å². The highest BCUT2D eigenvalue weighted by Crippen LogP contribution is 2.20. The van der Waals surface area contributed by atoms with Gasteiger partial charge in [-0.1, -0.05) is 23.7 Å². The van der Waals surface area contributed by atoms with Gasteiger partial charge in [0.15, 0.2) is 11.6 Å². The molecule has 0 radical (unpaired) electrons. The summed E-state index contributed by atoms with van der Waals surface area (Å²) >= 11 is 5.94. The SMILES string of the molecule is O=[N+]([O-])c1ccc(OCc2nc(-c3cccc(Cl)c3)n[nH]2)cc1. The van der Waals surface area contributed by atoms with Crippen LogP contribution in [0.2, 0.25) is 5.02 Å². The highest BCUT2D eigenvalue weighted by atomic mass is 35.5. The van der Waals surface area contributed by atoms with Crippen molar-refractivity contribution in [1.29, 1.82) is 0 Å². The van der Waals surface area contributed by atoms with Gasteiger partial charge in [0, 0.05) is 22.7 Å². The van der Waals surface area contributed by atoms with Crippen molar-refractivity contribution in [3.8, 4) is 17.1 Å². The largest absolute Gasteiger partial charge is 0.486 e.